The van der Waals surface area contributed by atoms with Gasteiger partial charge in [-0.1, -0.05) is 12.1 Å². The Morgan fingerprint density at radius 1 is 1.12 bits per heavy atom. The van der Waals surface area contributed by atoms with Crippen LogP contribution in [0.2, 0.25) is 0 Å². The average molecular weight is 444 g/mol. The molecule has 33 heavy (non-hydrogen) atoms. The topological polar surface area (TPSA) is 85.3 Å². The Hall–Kier alpha value is -3.29. The molecular formula is C26H29N5O2. The third kappa shape index (κ3) is 4.89. The quantitative estimate of drug-likeness (QED) is 0.663. The van der Waals surface area contributed by atoms with E-state index in [0.717, 1.165) is 84.4 Å². The highest BCUT2D eigenvalue weighted by Gasteiger charge is 2.26. The molecule has 0 aliphatic carbocycles. The summed E-state index contributed by atoms with van der Waals surface area (Å²) in [5.74, 6) is 1.34. The number of nitrogens with zero attached hydrogens (tertiary/aromatic N) is 4. The van der Waals surface area contributed by atoms with Crippen LogP contribution in [-0.4, -0.2) is 67.3 Å². The fourth-order valence-electron chi connectivity index (χ4n) is 4.46. The molecule has 5 rings (SSSR count). The van der Waals surface area contributed by atoms with Gasteiger partial charge in [-0.15, -0.1) is 0 Å². The average Bonchev–Trinajstić information content (AvgIpc) is 3.22. The van der Waals surface area contributed by atoms with E-state index in [1.165, 1.54) is 0 Å². The zero-order valence-electron chi connectivity index (χ0n) is 19.0. The monoisotopic (exact) mass is 443 g/mol. The normalized spacial score (nSPS) is 18.5. The van der Waals surface area contributed by atoms with Crippen LogP contribution in [0.5, 0.6) is 5.75 Å². The molecule has 1 fully saturated rings. The van der Waals surface area contributed by atoms with Gasteiger partial charge in [-0.3, -0.25) is 14.9 Å². The van der Waals surface area contributed by atoms with Crippen LogP contribution in [0.4, 0.5) is 5.82 Å². The van der Waals surface area contributed by atoms with Crippen molar-refractivity contribution in [2.24, 2.45) is 9.98 Å². The number of rotatable bonds is 7. The Labute approximate surface area is 194 Å². The summed E-state index contributed by atoms with van der Waals surface area (Å²) in [6.45, 7) is 7.95. The Balaban J connectivity index is 1.38. The zero-order chi connectivity index (χ0) is 22.6. The van der Waals surface area contributed by atoms with Crippen LogP contribution in [0, 0.1) is 0 Å². The first-order valence-corrected chi connectivity index (χ1v) is 11.5. The van der Waals surface area contributed by atoms with E-state index in [0.29, 0.717) is 19.0 Å². The van der Waals surface area contributed by atoms with Crippen LogP contribution in [0.1, 0.15) is 24.5 Å². The van der Waals surface area contributed by atoms with Crippen molar-refractivity contribution in [2.45, 2.75) is 13.3 Å². The van der Waals surface area contributed by atoms with E-state index >= 15 is 0 Å². The van der Waals surface area contributed by atoms with Crippen molar-refractivity contribution >= 4 is 22.8 Å². The zero-order valence-corrected chi connectivity index (χ0v) is 19.0. The molecule has 7 nitrogen and oxygen atoms in total. The standard InChI is InChI=1S/C26H29N5O2/c1-18-14-22-23(30-18)17-29-26(20-6-7-28-24(27)16-20)25(22)19-4-2-5-21(15-19)33-11-3-8-31-9-12-32-13-10-31/h2,4-7,14-16H,3,8-13,17H2,1H3,(H2,27,28). The summed E-state index contributed by atoms with van der Waals surface area (Å²) in [7, 11) is 0. The molecule has 3 aliphatic rings. The summed E-state index contributed by atoms with van der Waals surface area (Å²) in [5, 5.41) is 0. The van der Waals surface area contributed by atoms with Gasteiger partial charge in [0.2, 0.25) is 0 Å². The number of aromatic nitrogens is 1. The smallest absolute Gasteiger partial charge is 0.123 e. The summed E-state index contributed by atoms with van der Waals surface area (Å²) in [6.07, 6.45) is 4.85. The number of pyridine rings is 1. The molecule has 1 aromatic heterocycles. The number of hydrogen-bond donors (Lipinski definition) is 1. The van der Waals surface area contributed by atoms with Crippen LogP contribution in [0.3, 0.4) is 0 Å². The minimum atomic E-state index is 0.481. The lowest BCUT2D eigenvalue weighted by atomic mass is 9.88. The number of nitrogen functional groups attached to an aromatic ring is 1. The fourth-order valence-corrected chi connectivity index (χ4v) is 4.46. The Morgan fingerprint density at radius 2 is 2.00 bits per heavy atom. The molecule has 170 valence electrons. The van der Waals surface area contributed by atoms with Gasteiger partial charge in [0.15, 0.2) is 0 Å². The van der Waals surface area contributed by atoms with Gasteiger partial charge < -0.3 is 15.2 Å². The minimum absolute atomic E-state index is 0.481. The molecule has 0 unspecified atom stereocenters. The van der Waals surface area contributed by atoms with Gasteiger partial charge in [-0.2, -0.15) is 0 Å². The molecule has 2 aromatic rings. The van der Waals surface area contributed by atoms with E-state index in [2.05, 4.69) is 28.1 Å². The van der Waals surface area contributed by atoms with Crippen molar-refractivity contribution in [3.8, 4) is 5.75 Å². The van der Waals surface area contributed by atoms with Crippen LogP contribution in [-0.2, 0) is 4.74 Å². The number of morpholine rings is 1. The van der Waals surface area contributed by atoms with Crippen molar-refractivity contribution in [1.29, 1.82) is 0 Å². The number of hydrogen-bond acceptors (Lipinski definition) is 7. The van der Waals surface area contributed by atoms with Crippen LogP contribution < -0.4 is 10.5 Å². The fraction of sp³-hybridized carbons (Fsp3) is 0.346. The SMILES string of the molecule is CC1=CC2=C(c3cccc(OCCCN4CCOCC4)c3)C(c3ccnc(N)c3)=NCC2=N1. The van der Waals surface area contributed by atoms with E-state index < -0.39 is 0 Å². The summed E-state index contributed by atoms with van der Waals surface area (Å²) >= 11 is 0. The van der Waals surface area contributed by atoms with Gasteiger partial charge >= 0.3 is 0 Å². The second-order valence-corrected chi connectivity index (χ2v) is 8.45. The Morgan fingerprint density at radius 3 is 2.85 bits per heavy atom. The summed E-state index contributed by atoms with van der Waals surface area (Å²) in [5.41, 5.74) is 13.1. The number of ether oxygens (including phenoxy) is 2. The second-order valence-electron chi connectivity index (χ2n) is 8.45. The van der Waals surface area contributed by atoms with Crippen molar-refractivity contribution < 1.29 is 9.47 Å². The molecule has 0 saturated carbocycles. The van der Waals surface area contributed by atoms with Crippen LogP contribution >= 0.6 is 0 Å². The third-order valence-corrected chi connectivity index (χ3v) is 6.04. The number of nitrogens with two attached hydrogens (primary N) is 1. The molecular weight excluding hydrogens is 414 g/mol. The molecule has 0 atom stereocenters. The molecule has 1 aromatic carbocycles. The number of benzene rings is 1. The lowest BCUT2D eigenvalue weighted by Crippen LogP contribution is -2.37. The van der Waals surface area contributed by atoms with Crippen molar-refractivity contribution in [2.75, 3.05) is 51.7 Å². The summed E-state index contributed by atoms with van der Waals surface area (Å²) in [4.78, 5) is 16.1. The molecule has 7 heteroatoms. The van der Waals surface area contributed by atoms with Gasteiger partial charge in [0.1, 0.15) is 11.6 Å². The van der Waals surface area contributed by atoms with Gasteiger partial charge in [0.25, 0.3) is 0 Å². The Bertz CT molecular complexity index is 1160. The maximum absolute atomic E-state index is 6.13. The summed E-state index contributed by atoms with van der Waals surface area (Å²) < 4.78 is 11.5. The van der Waals surface area contributed by atoms with Crippen LogP contribution in [0.15, 0.2) is 69.9 Å². The largest absolute Gasteiger partial charge is 0.494 e. The predicted octanol–water partition coefficient (Wildman–Crippen LogP) is 3.38. The predicted molar refractivity (Wildman–Crippen MR) is 132 cm³/mol. The lowest BCUT2D eigenvalue weighted by Gasteiger charge is -2.26. The highest BCUT2D eigenvalue weighted by Crippen LogP contribution is 2.34. The van der Waals surface area contributed by atoms with E-state index in [-0.39, 0.29) is 0 Å². The third-order valence-electron chi connectivity index (χ3n) is 6.04. The van der Waals surface area contributed by atoms with E-state index in [4.69, 9.17) is 25.2 Å². The minimum Gasteiger partial charge on any atom is -0.494 e. The number of anilines is 1. The van der Waals surface area contributed by atoms with Crippen LogP contribution in [0.25, 0.3) is 5.57 Å². The first-order valence-electron chi connectivity index (χ1n) is 11.5. The van der Waals surface area contributed by atoms with Gasteiger partial charge in [0, 0.05) is 48.2 Å². The molecule has 0 amide bonds. The van der Waals surface area contributed by atoms with E-state index in [1.54, 1.807) is 6.20 Å². The Kier molecular flexibility index (Phi) is 6.32. The number of aliphatic imine (C=N–C) groups is 2. The number of dihydropyridines is 1. The first-order chi connectivity index (χ1) is 16.2. The molecule has 2 N–H and O–H groups in total. The molecule has 3 aliphatic heterocycles. The maximum atomic E-state index is 6.13. The maximum Gasteiger partial charge on any atom is 0.123 e. The van der Waals surface area contributed by atoms with Gasteiger partial charge in [-0.25, -0.2) is 4.98 Å². The highest BCUT2D eigenvalue weighted by molar-refractivity contribution is 6.39. The molecule has 0 bridgehead atoms. The van der Waals surface area contributed by atoms with E-state index in [1.807, 2.05) is 31.2 Å². The van der Waals surface area contributed by atoms with Crippen molar-refractivity contribution in [3.63, 3.8) is 0 Å². The first kappa shape index (κ1) is 21.6. The van der Waals surface area contributed by atoms with E-state index in [9.17, 15) is 0 Å². The molecule has 4 heterocycles. The molecule has 0 radical (unpaired) electrons. The van der Waals surface area contributed by atoms with Crippen molar-refractivity contribution in [1.82, 2.24) is 9.88 Å². The molecule has 0 spiro atoms. The number of allylic oxidation sites excluding steroid dienone is 3. The lowest BCUT2D eigenvalue weighted by molar-refractivity contribution is 0.0358. The van der Waals surface area contributed by atoms with Gasteiger partial charge in [-0.05, 0) is 49.2 Å². The van der Waals surface area contributed by atoms with Crippen molar-refractivity contribution in [3.05, 3.63) is 71.1 Å². The number of fused-ring (bicyclic) bond motifs is 1. The molecule has 1 saturated heterocycles. The highest BCUT2D eigenvalue weighted by atomic mass is 16.5. The van der Waals surface area contributed by atoms with Gasteiger partial charge in [0.05, 0.1) is 37.8 Å². The second kappa shape index (κ2) is 9.68. The summed E-state index contributed by atoms with van der Waals surface area (Å²) in [6, 6.07) is 12.1.